The molecule has 1 aliphatic rings. The van der Waals surface area contributed by atoms with Gasteiger partial charge in [0.1, 0.15) is 23.4 Å². The highest BCUT2D eigenvalue weighted by molar-refractivity contribution is 5.84. The number of benzene rings is 1. The number of rotatable bonds is 4. The van der Waals surface area contributed by atoms with Crippen LogP contribution >= 0.6 is 0 Å². The monoisotopic (exact) mass is 316 g/mol. The fraction of sp³-hybridized carbons (Fsp3) is 0.250. The minimum atomic E-state index is -0.354. The van der Waals surface area contributed by atoms with Crippen molar-refractivity contribution < 1.29 is 13.6 Å². The Kier molecular flexibility index (Phi) is 4.50. The minimum absolute atomic E-state index is 0.223. The lowest BCUT2D eigenvalue weighted by atomic mass is 10.1. The summed E-state index contributed by atoms with van der Waals surface area (Å²) in [6, 6.07) is 9.61. The van der Waals surface area contributed by atoms with Crippen LogP contribution in [0.1, 0.15) is 19.1 Å². The molecule has 7 heteroatoms. The Morgan fingerprint density at radius 3 is 2.91 bits per heavy atom. The second-order valence-electron chi connectivity index (χ2n) is 5.39. The van der Waals surface area contributed by atoms with E-state index in [0.717, 1.165) is 0 Å². The second kappa shape index (κ2) is 6.72. The molecule has 0 aliphatic carbocycles. The second-order valence-corrected chi connectivity index (χ2v) is 5.39. The molecule has 1 aliphatic heterocycles. The number of hydrogen-bond acceptors (Lipinski definition) is 5. The van der Waals surface area contributed by atoms with Crippen LogP contribution in [0.3, 0.4) is 0 Å². The van der Waals surface area contributed by atoms with Crippen LogP contribution in [0.2, 0.25) is 0 Å². The maximum absolute atomic E-state index is 13.7. The number of hydrogen-bond donors (Lipinski definition) is 3. The first kappa shape index (κ1) is 15.4. The summed E-state index contributed by atoms with van der Waals surface area (Å²) in [5.74, 6) is 0.257. The van der Waals surface area contributed by atoms with Crippen molar-refractivity contribution in [1.82, 2.24) is 16.3 Å². The van der Waals surface area contributed by atoms with Crippen molar-refractivity contribution >= 4 is 12.1 Å². The molecule has 2 unspecified atom stereocenters. The van der Waals surface area contributed by atoms with E-state index in [1.165, 1.54) is 12.3 Å². The lowest BCUT2D eigenvalue weighted by Gasteiger charge is -2.05. The van der Waals surface area contributed by atoms with Crippen LogP contribution in [0, 0.1) is 5.82 Å². The maximum atomic E-state index is 13.7. The minimum Gasteiger partial charge on any atom is -0.455 e. The summed E-state index contributed by atoms with van der Waals surface area (Å²) in [7, 11) is 0. The number of carbonyl (C=O) groups is 1. The largest absolute Gasteiger partial charge is 0.455 e. The molecule has 0 bridgehead atoms. The maximum Gasteiger partial charge on any atom is 0.258 e. The van der Waals surface area contributed by atoms with Gasteiger partial charge >= 0.3 is 0 Å². The molecule has 23 heavy (non-hydrogen) atoms. The van der Waals surface area contributed by atoms with E-state index < -0.39 is 0 Å². The van der Waals surface area contributed by atoms with Crippen LogP contribution in [0.25, 0.3) is 11.3 Å². The van der Waals surface area contributed by atoms with E-state index in [1.54, 1.807) is 30.3 Å². The molecule has 0 saturated carbocycles. The molecular weight excluding hydrogens is 299 g/mol. The first-order valence-electron chi connectivity index (χ1n) is 7.32. The first-order valence-corrected chi connectivity index (χ1v) is 7.32. The van der Waals surface area contributed by atoms with Crippen LogP contribution in [0.4, 0.5) is 4.39 Å². The molecule has 6 nitrogen and oxygen atoms in total. The van der Waals surface area contributed by atoms with Gasteiger partial charge in [-0.05, 0) is 37.6 Å². The standard InChI is InChI=1S/C16H17FN4O2/c1-10-8-14(20-19-10)16(22)21-18-9-11-6-7-15(23-11)12-4-2-3-5-13(12)17/h2-7,9-10,14,19-20H,8H2,1H3,(H,21,22)/b18-9+. The fourth-order valence-electron chi connectivity index (χ4n) is 2.35. The molecule has 2 heterocycles. The number of hydrazine groups is 1. The summed E-state index contributed by atoms with van der Waals surface area (Å²) in [5.41, 5.74) is 8.68. The van der Waals surface area contributed by atoms with Crippen molar-refractivity contribution in [2.45, 2.75) is 25.4 Å². The van der Waals surface area contributed by atoms with Crippen molar-refractivity contribution in [3.05, 3.63) is 48.0 Å². The van der Waals surface area contributed by atoms with Crippen LogP contribution in [0.5, 0.6) is 0 Å². The highest BCUT2D eigenvalue weighted by Gasteiger charge is 2.26. The molecule has 2 atom stereocenters. The Bertz CT molecular complexity index is 728. The van der Waals surface area contributed by atoms with Gasteiger partial charge in [0.2, 0.25) is 0 Å². The molecule has 1 aromatic heterocycles. The van der Waals surface area contributed by atoms with Crippen molar-refractivity contribution in [2.24, 2.45) is 5.10 Å². The predicted octanol–water partition coefficient (Wildman–Crippen LogP) is 1.79. The molecule has 3 N–H and O–H groups in total. The van der Waals surface area contributed by atoms with Gasteiger partial charge in [0.05, 0.1) is 11.8 Å². The van der Waals surface area contributed by atoms with Gasteiger partial charge in [-0.15, -0.1) is 0 Å². The SMILES string of the molecule is CC1CC(C(=O)N/N=C/c2ccc(-c3ccccc3F)o2)NN1. The predicted molar refractivity (Wildman–Crippen MR) is 84.0 cm³/mol. The van der Waals surface area contributed by atoms with Gasteiger partial charge in [0.25, 0.3) is 5.91 Å². The number of nitrogens with one attached hydrogen (secondary N) is 3. The van der Waals surface area contributed by atoms with Gasteiger partial charge in [-0.1, -0.05) is 12.1 Å². The van der Waals surface area contributed by atoms with Crippen molar-refractivity contribution in [3.63, 3.8) is 0 Å². The number of hydrazone groups is 1. The molecule has 2 aromatic rings. The van der Waals surface area contributed by atoms with Gasteiger partial charge < -0.3 is 4.42 Å². The summed E-state index contributed by atoms with van der Waals surface area (Å²) < 4.78 is 19.2. The lowest BCUT2D eigenvalue weighted by molar-refractivity contribution is -0.122. The van der Waals surface area contributed by atoms with Crippen molar-refractivity contribution in [3.8, 4) is 11.3 Å². The Labute approximate surface area is 132 Å². The topological polar surface area (TPSA) is 78.7 Å². The first-order chi connectivity index (χ1) is 11.1. The van der Waals surface area contributed by atoms with E-state index in [1.807, 2.05) is 6.92 Å². The fourth-order valence-corrected chi connectivity index (χ4v) is 2.35. The van der Waals surface area contributed by atoms with Crippen LogP contribution in [-0.2, 0) is 4.79 Å². The molecule has 3 rings (SSSR count). The van der Waals surface area contributed by atoms with Crippen molar-refractivity contribution in [1.29, 1.82) is 0 Å². The van der Waals surface area contributed by atoms with Gasteiger partial charge in [0, 0.05) is 6.04 Å². The van der Waals surface area contributed by atoms with Gasteiger partial charge in [0.15, 0.2) is 0 Å². The zero-order valence-electron chi connectivity index (χ0n) is 12.5. The number of furan rings is 1. The Morgan fingerprint density at radius 1 is 1.35 bits per heavy atom. The summed E-state index contributed by atoms with van der Waals surface area (Å²) in [6.45, 7) is 1.98. The quantitative estimate of drug-likeness (QED) is 0.593. The highest BCUT2D eigenvalue weighted by Crippen LogP contribution is 2.24. The normalized spacial score (nSPS) is 21.0. The van der Waals surface area contributed by atoms with Gasteiger partial charge in [-0.2, -0.15) is 5.10 Å². The van der Waals surface area contributed by atoms with Crippen LogP contribution < -0.4 is 16.3 Å². The Hall–Kier alpha value is -2.51. The van der Waals surface area contributed by atoms with E-state index in [-0.39, 0.29) is 23.8 Å². The zero-order valence-corrected chi connectivity index (χ0v) is 12.5. The van der Waals surface area contributed by atoms with E-state index in [2.05, 4.69) is 21.4 Å². The van der Waals surface area contributed by atoms with Gasteiger partial charge in [-0.25, -0.2) is 15.2 Å². The van der Waals surface area contributed by atoms with Gasteiger partial charge in [-0.3, -0.25) is 10.2 Å². The molecule has 1 saturated heterocycles. The molecule has 0 spiro atoms. The summed E-state index contributed by atoms with van der Waals surface area (Å²) in [4.78, 5) is 11.8. The number of nitrogens with zero attached hydrogens (tertiary/aromatic N) is 1. The van der Waals surface area contributed by atoms with E-state index in [4.69, 9.17) is 4.42 Å². The van der Waals surface area contributed by atoms with E-state index >= 15 is 0 Å². The molecule has 1 amide bonds. The third kappa shape index (κ3) is 3.64. The van der Waals surface area contributed by atoms with Crippen LogP contribution in [0.15, 0.2) is 45.9 Å². The Morgan fingerprint density at radius 2 is 2.17 bits per heavy atom. The average molecular weight is 316 g/mol. The molecule has 1 aromatic carbocycles. The molecule has 0 radical (unpaired) electrons. The third-order valence-electron chi connectivity index (χ3n) is 3.54. The molecule has 1 fully saturated rings. The Balaban J connectivity index is 1.61. The molecule has 120 valence electrons. The summed E-state index contributed by atoms with van der Waals surface area (Å²) in [6.07, 6.45) is 2.08. The van der Waals surface area contributed by atoms with E-state index in [9.17, 15) is 9.18 Å². The van der Waals surface area contributed by atoms with Crippen LogP contribution in [-0.4, -0.2) is 24.2 Å². The average Bonchev–Trinajstić information content (AvgIpc) is 3.17. The van der Waals surface area contributed by atoms with Crippen molar-refractivity contribution in [2.75, 3.05) is 0 Å². The number of amides is 1. The molecular formula is C16H17FN4O2. The third-order valence-corrected chi connectivity index (χ3v) is 3.54. The summed E-state index contributed by atoms with van der Waals surface area (Å²) in [5, 5.41) is 3.86. The summed E-state index contributed by atoms with van der Waals surface area (Å²) >= 11 is 0. The number of carbonyl (C=O) groups excluding carboxylic acids is 1. The smallest absolute Gasteiger partial charge is 0.258 e. The highest BCUT2D eigenvalue weighted by atomic mass is 19.1. The van der Waals surface area contributed by atoms with E-state index in [0.29, 0.717) is 23.5 Å². The lowest BCUT2D eigenvalue weighted by Crippen LogP contribution is -2.41. The number of halogens is 1. The zero-order chi connectivity index (χ0) is 16.2.